The molecule has 31 heavy (non-hydrogen) atoms. The SMILES string of the molecule is O=C(SCCC1CCC(Cc2cncc(OCC3CCN3)c2)CC1)c1cccc(F)c1. The highest BCUT2D eigenvalue weighted by Gasteiger charge is 2.22. The molecule has 4 nitrogen and oxygen atoms in total. The lowest BCUT2D eigenvalue weighted by atomic mass is 9.78. The second kappa shape index (κ2) is 11.1. The van der Waals surface area contributed by atoms with E-state index in [0.717, 1.165) is 37.5 Å². The Balaban J connectivity index is 1.15. The predicted octanol–water partition coefficient (Wildman–Crippen LogP) is 5.27. The van der Waals surface area contributed by atoms with Gasteiger partial charge in [-0.2, -0.15) is 0 Å². The van der Waals surface area contributed by atoms with E-state index in [1.165, 1.54) is 61.6 Å². The number of thioether (sulfide) groups is 1. The van der Waals surface area contributed by atoms with E-state index in [4.69, 9.17) is 4.74 Å². The van der Waals surface area contributed by atoms with Crippen LogP contribution in [0.25, 0.3) is 0 Å². The molecule has 166 valence electrons. The molecule has 2 aliphatic rings. The lowest BCUT2D eigenvalue weighted by Crippen LogP contribution is -2.46. The maximum absolute atomic E-state index is 13.3. The third-order valence-corrected chi connectivity index (χ3v) is 7.39. The molecule has 2 fully saturated rings. The Labute approximate surface area is 188 Å². The fourth-order valence-corrected chi connectivity index (χ4v) is 5.35. The van der Waals surface area contributed by atoms with Crippen LogP contribution >= 0.6 is 11.8 Å². The zero-order valence-electron chi connectivity index (χ0n) is 17.9. The molecule has 0 amide bonds. The fraction of sp³-hybridized carbons (Fsp3) is 0.520. The quantitative estimate of drug-likeness (QED) is 0.573. The molecule has 0 spiro atoms. The van der Waals surface area contributed by atoms with Gasteiger partial charge in [-0.1, -0.05) is 36.7 Å². The summed E-state index contributed by atoms with van der Waals surface area (Å²) in [7, 11) is 0. The summed E-state index contributed by atoms with van der Waals surface area (Å²) in [6.45, 7) is 1.81. The first-order chi connectivity index (χ1) is 15.2. The van der Waals surface area contributed by atoms with Crippen LogP contribution in [-0.4, -0.2) is 35.0 Å². The van der Waals surface area contributed by atoms with E-state index >= 15 is 0 Å². The Morgan fingerprint density at radius 2 is 1.94 bits per heavy atom. The van der Waals surface area contributed by atoms with E-state index in [9.17, 15) is 9.18 Å². The summed E-state index contributed by atoms with van der Waals surface area (Å²) >= 11 is 1.32. The topological polar surface area (TPSA) is 51.2 Å². The summed E-state index contributed by atoms with van der Waals surface area (Å²) in [5, 5.41) is 3.32. The van der Waals surface area contributed by atoms with Gasteiger partial charge in [0, 0.05) is 23.6 Å². The molecular weight excluding hydrogens is 411 g/mol. The van der Waals surface area contributed by atoms with E-state index in [-0.39, 0.29) is 10.9 Å². The van der Waals surface area contributed by atoms with Crippen LogP contribution in [0.15, 0.2) is 42.7 Å². The number of hydrogen-bond donors (Lipinski definition) is 1. The average molecular weight is 443 g/mol. The molecule has 1 saturated carbocycles. The Morgan fingerprint density at radius 1 is 1.13 bits per heavy atom. The largest absolute Gasteiger partial charge is 0.490 e. The Hall–Kier alpha value is -1.92. The van der Waals surface area contributed by atoms with E-state index in [2.05, 4.69) is 16.4 Å². The molecular formula is C25H31FN2O2S. The van der Waals surface area contributed by atoms with Gasteiger partial charge in [0.15, 0.2) is 0 Å². The number of pyridine rings is 1. The van der Waals surface area contributed by atoms with E-state index in [0.29, 0.717) is 23.4 Å². The van der Waals surface area contributed by atoms with Crippen LogP contribution in [0.5, 0.6) is 5.75 Å². The molecule has 1 aromatic carbocycles. The maximum atomic E-state index is 13.3. The third kappa shape index (κ3) is 6.78. The smallest absolute Gasteiger partial charge is 0.219 e. The van der Waals surface area contributed by atoms with Crippen LogP contribution < -0.4 is 10.1 Å². The van der Waals surface area contributed by atoms with Crippen molar-refractivity contribution in [2.75, 3.05) is 18.9 Å². The molecule has 1 aliphatic heterocycles. The van der Waals surface area contributed by atoms with Crippen LogP contribution in [0.3, 0.4) is 0 Å². The predicted molar refractivity (Wildman–Crippen MR) is 123 cm³/mol. The minimum atomic E-state index is -0.354. The Bertz CT molecular complexity index is 866. The van der Waals surface area contributed by atoms with Crippen molar-refractivity contribution in [3.05, 3.63) is 59.7 Å². The normalized spacial score (nSPS) is 23.2. The van der Waals surface area contributed by atoms with Crippen molar-refractivity contribution in [1.82, 2.24) is 10.3 Å². The average Bonchev–Trinajstić information content (AvgIpc) is 2.74. The van der Waals surface area contributed by atoms with Crippen LogP contribution in [0, 0.1) is 17.7 Å². The summed E-state index contributed by atoms with van der Waals surface area (Å²) in [6.07, 6.45) is 12.0. The van der Waals surface area contributed by atoms with Crippen molar-refractivity contribution in [2.45, 2.75) is 51.0 Å². The number of benzene rings is 1. The second-order valence-corrected chi connectivity index (χ2v) is 9.87. The molecule has 2 aromatic rings. The summed E-state index contributed by atoms with van der Waals surface area (Å²) < 4.78 is 19.2. The molecule has 1 aliphatic carbocycles. The highest BCUT2D eigenvalue weighted by molar-refractivity contribution is 8.14. The van der Waals surface area contributed by atoms with E-state index < -0.39 is 0 Å². The lowest BCUT2D eigenvalue weighted by molar-refractivity contribution is 0.108. The summed E-state index contributed by atoms with van der Waals surface area (Å²) in [5.74, 6) is 2.71. The minimum absolute atomic E-state index is 0.0316. The van der Waals surface area contributed by atoms with Gasteiger partial charge in [-0.15, -0.1) is 0 Å². The van der Waals surface area contributed by atoms with E-state index in [1.54, 1.807) is 12.1 Å². The van der Waals surface area contributed by atoms with Gasteiger partial charge in [-0.25, -0.2) is 4.39 Å². The number of ether oxygens (including phenoxy) is 1. The molecule has 0 radical (unpaired) electrons. The van der Waals surface area contributed by atoms with Gasteiger partial charge in [-0.3, -0.25) is 9.78 Å². The van der Waals surface area contributed by atoms with E-state index in [1.807, 2.05) is 12.4 Å². The molecule has 1 saturated heterocycles. The molecule has 1 aromatic heterocycles. The number of carbonyl (C=O) groups excluding carboxylic acids is 1. The van der Waals surface area contributed by atoms with Crippen molar-refractivity contribution < 1.29 is 13.9 Å². The second-order valence-electron chi connectivity index (χ2n) is 8.81. The zero-order valence-corrected chi connectivity index (χ0v) is 18.7. The summed E-state index contributed by atoms with van der Waals surface area (Å²) in [4.78, 5) is 16.6. The lowest BCUT2D eigenvalue weighted by Gasteiger charge is -2.29. The number of hydrogen-bond acceptors (Lipinski definition) is 5. The first-order valence-corrected chi connectivity index (χ1v) is 12.4. The fourth-order valence-electron chi connectivity index (χ4n) is 4.42. The monoisotopic (exact) mass is 442 g/mol. The third-order valence-electron chi connectivity index (χ3n) is 6.46. The van der Waals surface area contributed by atoms with Crippen LogP contribution in [0.2, 0.25) is 0 Å². The molecule has 4 rings (SSSR count). The highest BCUT2D eigenvalue weighted by Crippen LogP contribution is 2.34. The molecule has 2 heterocycles. The maximum Gasteiger partial charge on any atom is 0.219 e. The summed E-state index contributed by atoms with van der Waals surface area (Å²) in [5.41, 5.74) is 1.72. The van der Waals surface area contributed by atoms with Gasteiger partial charge >= 0.3 is 0 Å². The zero-order chi connectivity index (χ0) is 21.5. The summed E-state index contributed by atoms with van der Waals surface area (Å²) in [6, 6.07) is 8.59. The Kier molecular flexibility index (Phi) is 7.97. The minimum Gasteiger partial charge on any atom is -0.490 e. The molecule has 1 atom stereocenters. The van der Waals surface area contributed by atoms with Crippen molar-refractivity contribution in [3.63, 3.8) is 0 Å². The van der Waals surface area contributed by atoms with Gasteiger partial charge in [0.1, 0.15) is 18.2 Å². The van der Waals surface area contributed by atoms with Crippen LogP contribution in [-0.2, 0) is 6.42 Å². The molecule has 6 heteroatoms. The standard InChI is InChI=1S/C25H31FN2O2S/c26-22-3-1-2-21(14-22)25(29)31-11-9-18-4-6-19(7-5-18)12-20-13-24(16-27-15-20)30-17-23-8-10-28-23/h1-3,13-16,18-19,23,28H,4-12,17H2. The van der Waals surface area contributed by atoms with Crippen molar-refractivity contribution >= 4 is 16.9 Å². The number of nitrogens with zero attached hydrogens (tertiary/aromatic N) is 1. The Morgan fingerprint density at radius 3 is 2.68 bits per heavy atom. The first-order valence-electron chi connectivity index (χ1n) is 11.4. The number of nitrogens with one attached hydrogen (secondary N) is 1. The van der Waals surface area contributed by atoms with Crippen LogP contribution in [0.4, 0.5) is 4.39 Å². The van der Waals surface area contributed by atoms with Gasteiger partial charge < -0.3 is 10.1 Å². The van der Waals surface area contributed by atoms with Gasteiger partial charge in [0.25, 0.3) is 0 Å². The molecule has 0 bridgehead atoms. The van der Waals surface area contributed by atoms with Gasteiger partial charge in [-0.05, 0) is 74.2 Å². The van der Waals surface area contributed by atoms with Crippen molar-refractivity contribution in [1.29, 1.82) is 0 Å². The van der Waals surface area contributed by atoms with Crippen LogP contribution in [0.1, 0.15) is 54.4 Å². The number of halogens is 1. The van der Waals surface area contributed by atoms with Crippen molar-refractivity contribution in [2.24, 2.45) is 11.8 Å². The van der Waals surface area contributed by atoms with Gasteiger partial charge in [0.2, 0.25) is 5.12 Å². The molecule has 1 N–H and O–H groups in total. The number of rotatable bonds is 9. The highest BCUT2D eigenvalue weighted by atomic mass is 32.2. The first kappa shape index (κ1) is 22.3. The van der Waals surface area contributed by atoms with Crippen molar-refractivity contribution in [3.8, 4) is 5.75 Å². The number of aromatic nitrogens is 1. The molecule has 1 unspecified atom stereocenters. The van der Waals surface area contributed by atoms with Gasteiger partial charge in [0.05, 0.1) is 6.20 Å². The number of carbonyl (C=O) groups is 1.